The van der Waals surface area contributed by atoms with Crippen LogP contribution in [-0.4, -0.2) is 38.5 Å². The molecule has 2 rings (SSSR count). The Hall–Kier alpha value is -1.83. The SMILES string of the molecule is CCc1ccc(S(=O)(=O)N(C)CC(=O)Nc2ccccc2SC)cc1. The molecule has 134 valence electrons. The fourth-order valence-corrected chi connectivity index (χ4v) is 3.98. The van der Waals surface area contributed by atoms with Gasteiger partial charge >= 0.3 is 0 Å². The predicted molar refractivity (Wildman–Crippen MR) is 102 cm³/mol. The molecule has 0 atom stereocenters. The molecule has 1 N–H and O–H groups in total. The molecule has 25 heavy (non-hydrogen) atoms. The van der Waals surface area contributed by atoms with E-state index in [4.69, 9.17) is 0 Å². The second-order valence-electron chi connectivity index (χ2n) is 5.51. The van der Waals surface area contributed by atoms with Gasteiger partial charge in [0.1, 0.15) is 0 Å². The zero-order valence-corrected chi connectivity index (χ0v) is 16.2. The van der Waals surface area contributed by atoms with Crippen molar-refractivity contribution in [2.24, 2.45) is 0 Å². The number of anilines is 1. The smallest absolute Gasteiger partial charge is 0.243 e. The van der Waals surface area contributed by atoms with Gasteiger partial charge in [-0.25, -0.2) is 8.42 Å². The lowest BCUT2D eigenvalue weighted by Crippen LogP contribution is -2.35. The Morgan fingerprint density at radius 2 is 1.76 bits per heavy atom. The van der Waals surface area contributed by atoms with E-state index in [1.807, 2.05) is 31.4 Å². The van der Waals surface area contributed by atoms with Crippen molar-refractivity contribution in [1.82, 2.24) is 4.31 Å². The molecule has 2 aromatic carbocycles. The van der Waals surface area contributed by atoms with Gasteiger partial charge in [-0.3, -0.25) is 4.79 Å². The van der Waals surface area contributed by atoms with Crippen LogP contribution in [0, 0.1) is 0 Å². The van der Waals surface area contributed by atoms with E-state index >= 15 is 0 Å². The topological polar surface area (TPSA) is 66.5 Å². The molecule has 5 nitrogen and oxygen atoms in total. The number of amides is 1. The Kier molecular flexibility index (Phi) is 6.64. The minimum atomic E-state index is -3.70. The van der Waals surface area contributed by atoms with Crippen LogP contribution in [0.3, 0.4) is 0 Å². The number of rotatable bonds is 7. The average molecular weight is 379 g/mol. The van der Waals surface area contributed by atoms with Crippen molar-refractivity contribution in [3.63, 3.8) is 0 Å². The molecule has 0 saturated carbocycles. The van der Waals surface area contributed by atoms with E-state index < -0.39 is 10.0 Å². The van der Waals surface area contributed by atoms with Gasteiger partial charge in [0.05, 0.1) is 17.1 Å². The van der Waals surface area contributed by atoms with Crippen LogP contribution in [0.1, 0.15) is 12.5 Å². The highest BCUT2D eigenvalue weighted by atomic mass is 32.2. The summed E-state index contributed by atoms with van der Waals surface area (Å²) in [6.45, 7) is 1.76. The molecule has 1 amide bonds. The first-order chi connectivity index (χ1) is 11.9. The lowest BCUT2D eigenvalue weighted by atomic mass is 10.2. The number of aryl methyl sites for hydroxylation is 1. The molecule has 7 heteroatoms. The van der Waals surface area contributed by atoms with Gasteiger partial charge in [-0.2, -0.15) is 4.31 Å². The number of sulfonamides is 1. The lowest BCUT2D eigenvalue weighted by Gasteiger charge is -2.17. The van der Waals surface area contributed by atoms with Gasteiger partial charge in [-0.05, 0) is 42.5 Å². The second-order valence-corrected chi connectivity index (χ2v) is 8.40. The van der Waals surface area contributed by atoms with Crippen LogP contribution in [0.5, 0.6) is 0 Å². The van der Waals surface area contributed by atoms with Gasteiger partial charge in [0.2, 0.25) is 15.9 Å². The van der Waals surface area contributed by atoms with Crippen molar-refractivity contribution in [2.45, 2.75) is 23.1 Å². The standard InChI is InChI=1S/C18H22N2O3S2/c1-4-14-9-11-15(12-10-14)25(22,23)20(2)13-18(21)19-16-7-5-6-8-17(16)24-3/h5-12H,4,13H2,1-3H3,(H,19,21). The van der Waals surface area contributed by atoms with E-state index in [-0.39, 0.29) is 17.3 Å². The highest BCUT2D eigenvalue weighted by Gasteiger charge is 2.23. The number of carbonyl (C=O) groups excluding carboxylic acids is 1. The molecule has 0 saturated heterocycles. The van der Waals surface area contributed by atoms with Crippen LogP contribution in [0.25, 0.3) is 0 Å². The van der Waals surface area contributed by atoms with Crippen LogP contribution in [0.4, 0.5) is 5.69 Å². The molecular weight excluding hydrogens is 356 g/mol. The first kappa shape index (κ1) is 19.5. The van der Waals surface area contributed by atoms with Gasteiger partial charge in [0, 0.05) is 11.9 Å². The Morgan fingerprint density at radius 1 is 1.12 bits per heavy atom. The van der Waals surface area contributed by atoms with E-state index in [0.717, 1.165) is 21.2 Å². The van der Waals surface area contributed by atoms with Crippen molar-refractivity contribution < 1.29 is 13.2 Å². The maximum atomic E-state index is 12.6. The maximum Gasteiger partial charge on any atom is 0.243 e. The second kappa shape index (κ2) is 8.51. The largest absolute Gasteiger partial charge is 0.324 e. The summed E-state index contributed by atoms with van der Waals surface area (Å²) < 4.78 is 26.2. The maximum absolute atomic E-state index is 12.6. The number of carbonyl (C=O) groups is 1. The number of likely N-dealkylation sites (N-methyl/N-ethyl adjacent to an activating group) is 1. The number of para-hydroxylation sites is 1. The van der Waals surface area contributed by atoms with Crippen LogP contribution in [-0.2, 0) is 21.2 Å². The van der Waals surface area contributed by atoms with Crippen molar-refractivity contribution in [3.8, 4) is 0 Å². The zero-order chi connectivity index (χ0) is 18.4. The van der Waals surface area contributed by atoms with E-state index in [1.165, 1.54) is 18.8 Å². The summed E-state index contributed by atoms with van der Waals surface area (Å²) in [5, 5.41) is 2.77. The first-order valence-electron chi connectivity index (χ1n) is 7.86. The fourth-order valence-electron chi connectivity index (χ4n) is 2.30. The number of hydrogen-bond donors (Lipinski definition) is 1. The molecule has 0 aliphatic rings. The highest BCUT2D eigenvalue weighted by Crippen LogP contribution is 2.24. The molecule has 0 aromatic heterocycles. The Balaban J connectivity index is 2.09. The van der Waals surface area contributed by atoms with Crippen LogP contribution >= 0.6 is 11.8 Å². The number of benzene rings is 2. The summed E-state index contributed by atoms with van der Waals surface area (Å²) in [7, 11) is -2.29. The van der Waals surface area contributed by atoms with E-state index in [2.05, 4.69) is 5.32 Å². The van der Waals surface area contributed by atoms with Crippen molar-refractivity contribution in [1.29, 1.82) is 0 Å². The van der Waals surface area contributed by atoms with E-state index in [1.54, 1.807) is 30.3 Å². The summed E-state index contributed by atoms with van der Waals surface area (Å²) in [5.74, 6) is -0.377. The molecule has 0 spiro atoms. The molecule has 2 aromatic rings. The number of nitrogens with zero attached hydrogens (tertiary/aromatic N) is 1. The third-order valence-corrected chi connectivity index (χ3v) is 6.40. The number of hydrogen-bond acceptors (Lipinski definition) is 4. The van der Waals surface area contributed by atoms with Gasteiger partial charge in [-0.1, -0.05) is 31.2 Å². The molecule has 0 radical (unpaired) electrons. The van der Waals surface area contributed by atoms with Crippen molar-refractivity contribution in [3.05, 3.63) is 54.1 Å². The molecular formula is C18H22N2O3S2. The van der Waals surface area contributed by atoms with Crippen molar-refractivity contribution in [2.75, 3.05) is 25.2 Å². The summed E-state index contributed by atoms with van der Waals surface area (Å²) in [4.78, 5) is 13.4. The third kappa shape index (κ3) is 4.84. The van der Waals surface area contributed by atoms with Crippen LogP contribution in [0.2, 0.25) is 0 Å². The first-order valence-corrected chi connectivity index (χ1v) is 10.5. The van der Waals surface area contributed by atoms with Crippen LogP contribution in [0.15, 0.2) is 58.3 Å². The van der Waals surface area contributed by atoms with Crippen molar-refractivity contribution >= 4 is 33.4 Å². The van der Waals surface area contributed by atoms with E-state index in [9.17, 15) is 13.2 Å². The molecule has 0 aliphatic heterocycles. The van der Waals surface area contributed by atoms with E-state index in [0.29, 0.717) is 5.69 Å². The lowest BCUT2D eigenvalue weighted by molar-refractivity contribution is -0.116. The normalized spacial score (nSPS) is 11.5. The predicted octanol–water partition coefficient (Wildman–Crippen LogP) is 3.23. The monoisotopic (exact) mass is 378 g/mol. The Morgan fingerprint density at radius 3 is 2.36 bits per heavy atom. The molecule has 0 bridgehead atoms. The van der Waals surface area contributed by atoms with Gasteiger partial charge in [0.15, 0.2) is 0 Å². The highest BCUT2D eigenvalue weighted by molar-refractivity contribution is 7.98. The Bertz CT molecular complexity index is 834. The summed E-state index contributed by atoms with van der Waals surface area (Å²) in [6, 6.07) is 14.1. The summed E-state index contributed by atoms with van der Waals surface area (Å²) >= 11 is 1.52. The Labute approximate surface area is 153 Å². The van der Waals surface area contributed by atoms with Gasteiger partial charge < -0.3 is 5.32 Å². The summed E-state index contributed by atoms with van der Waals surface area (Å²) in [5.41, 5.74) is 1.74. The molecule has 0 aliphatic carbocycles. The quantitative estimate of drug-likeness (QED) is 0.751. The molecule has 0 heterocycles. The minimum absolute atomic E-state index is 0.185. The van der Waals surface area contributed by atoms with Gasteiger partial charge in [0.25, 0.3) is 0 Å². The minimum Gasteiger partial charge on any atom is -0.324 e. The summed E-state index contributed by atoms with van der Waals surface area (Å²) in [6.07, 6.45) is 2.76. The third-order valence-electron chi connectivity index (χ3n) is 3.79. The fraction of sp³-hybridized carbons (Fsp3) is 0.278. The number of thioether (sulfide) groups is 1. The van der Waals surface area contributed by atoms with Crippen LogP contribution < -0.4 is 5.32 Å². The van der Waals surface area contributed by atoms with Gasteiger partial charge in [-0.15, -0.1) is 11.8 Å². The average Bonchev–Trinajstić information content (AvgIpc) is 2.62. The molecule has 0 unspecified atom stereocenters. The zero-order valence-electron chi connectivity index (χ0n) is 14.5. The number of nitrogens with one attached hydrogen (secondary N) is 1. The molecule has 0 fully saturated rings.